The lowest BCUT2D eigenvalue weighted by Gasteiger charge is -2.39. The van der Waals surface area contributed by atoms with Gasteiger partial charge in [-0.15, -0.1) is 0 Å². The number of aromatic nitrogens is 1. The number of benzene rings is 1. The van der Waals surface area contributed by atoms with Gasteiger partial charge in [0.1, 0.15) is 11.9 Å². The Morgan fingerprint density at radius 2 is 2.04 bits per heavy atom. The van der Waals surface area contributed by atoms with Gasteiger partial charge in [0.2, 0.25) is 5.91 Å². The van der Waals surface area contributed by atoms with Crippen LogP contribution in [0.25, 0.3) is 10.9 Å². The highest BCUT2D eigenvalue weighted by Gasteiger charge is 2.33. The summed E-state index contributed by atoms with van der Waals surface area (Å²) in [6.07, 6.45) is 2.83. The van der Waals surface area contributed by atoms with Crippen molar-refractivity contribution in [2.45, 2.75) is 25.3 Å². The molecule has 1 unspecified atom stereocenters. The highest BCUT2D eigenvalue weighted by Crippen LogP contribution is 2.30. The molecule has 4 rings (SSSR count). The van der Waals surface area contributed by atoms with Crippen LogP contribution in [0.1, 0.15) is 24.8 Å². The largest absolute Gasteiger partial charge is 0.378 e. The summed E-state index contributed by atoms with van der Waals surface area (Å²) in [6, 6.07) is 9.15. The van der Waals surface area contributed by atoms with Crippen molar-refractivity contribution in [3.05, 3.63) is 34.9 Å². The molecule has 2 aromatic rings. The summed E-state index contributed by atoms with van der Waals surface area (Å²) in [5.74, 6) is 0.821. The molecule has 2 aliphatic heterocycles. The molecular formula is C20H21ClN4O2. The van der Waals surface area contributed by atoms with Crippen LogP contribution in [0, 0.1) is 11.3 Å². The summed E-state index contributed by atoms with van der Waals surface area (Å²) in [7, 11) is 0. The van der Waals surface area contributed by atoms with Crippen LogP contribution in [0.5, 0.6) is 0 Å². The summed E-state index contributed by atoms with van der Waals surface area (Å²) in [5.41, 5.74) is 1.25. The lowest BCUT2D eigenvalue weighted by atomic mass is 10.00. The van der Waals surface area contributed by atoms with E-state index < -0.39 is 0 Å². The van der Waals surface area contributed by atoms with E-state index >= 15 is 0 Å². The quantitative estimate of drug-likeness (QED) is 0.796. The summed E-state index contributed by atoms with van der Waals surface area (Å²) in [4.78, 5) is 21.8. The molecule has 0 aliphatic carbocycles. The molecule has 0 saturated carbocycles. The van der Waals surface area contributed by atoms with Gasteiger partial charge in [-0.2, -0.15) is 5.26 Å². The number of nitriles is 1. The Morgan fingerprint density at radius 3 is 2.81 bits per heavy atom. The normalized spacial score (nSPS) is 20.5. The van der Waals surface area contributed by atoms with Gasteiger partial charge in [0.15, 0.2) is 0 Å². The minimum absolute atomic E-state index is 0.134. The van der Waals surface area contributed by atoms with Crippen LogP contribution < -0.4 is 4.90 Å². The fourth-order valence-electron chi connectivity index (χ4n) is 3.88. The minimum atomic E-state index is -0.236. The average molecular weight is 385 g/mol. The van der Waals surface area contributed by atoms with Crippen molar-refractivity contribution >= 4 is 34.2 Å². The van der Waals surface area contributed by atoms with Crippen LogP contribution in [0.3, 0.4) is 0 Å². The second-order valence-electron chi connectivity index (χ2n) is 6.94. The third-order valence-electron chi connectivity index (χ3n) is 5.28. The first-order valence-corrected chi connectivity index (χ1v) is 9.69. The predicted octanol–water partition coefficient (Wildman–Crippen LogP) is 2.98. The molecule has 0 N–H and O–H groups in total. The fraction of sp³-hybridized carbons (Fsp3) is 0.450. The second kappa shape index (κ2) is 7.71. The van der Waals surface area contributed by atoms with Crippen molar-refractivity contribution in [3.8, 4) is 6.07 Å². The number of halogens is 1. The first-order chi connectivity index (χ1) is 13.2. The van der Waals surface area contributed by atoms with Crippen molar-refractivity contribution in [1.29, 1.82) is 5.26 Å². The summed E-state index contributed by atoms with van der Waals surface area (Å²) < 4.78 is 5.37. The molecular weight excluding hydrogens is 364 g/mol. The fourth-order valence-corrected chi connectivity index (χ4v) is 4.05. The van der Waals surface area contributed by atoms with Crippen molar-refractivity contribution in [2.75, 3.05) is 37.7 Å². The van der Waals surface area contributed by atoms with Gasteiger partial charge in [0, 0.05) is 30.0 Å². The number of piperidine rings is 1. The van der Waals surface area contributed by atoms with E-state index in [-0.39, 0.29) is 11.9 Å². The van der Waals surface area contributed by atoms with Crippen LogP contribution in [-0.2, 0) is 9.53 Å². The molecule has 0 spiro atoms. The van der Waals surface area contributed by atoms with Gasteiger partial charge in [-0.25, -0.2) is 4.98 Å². The Hall–Kier alpha value is -2.36. The molecule has 0 radical (unpaired) electrons. The number of ether oxygens (including phenoxy) is 1. The van der Waals surface area contributed by atoms with Gasteiger partial charge in [0.25, 0.3) is 0 Å². The minimum Gasteiger partial charge on any atom is -0.378 e. The number of pyridine rings is 1. The van der Waals surface area contributed by atoms with E-state index in [2.05, 4.69) is 11.0 Å². The molecule has 1 atom stereocenters. The van der Waals surface area contributed by atoms with Gasteiger partial charge in [-0.05, 0) is 43.5 Å². The first-order valence-electron chi connectivity index (χ1n) is 9.31. The van der Waals surface area contributed by atoms with Crippen molar-refractivity contribution in [2.24, 2.45) is 0 Å². The number of amides is 1. The number of hydrogen-bond donors (Lipinski definition) is 0. The van der Waals surface area contributed by atoms with Crippen molar-refractivity contribution in [3.63, 3.8) is 0 Å². The summed E-state index contributed by atoms with van der Waals surface area (Å²) in [6.45, 7) is 3.21. The molecule has 140 valence electrons. The Morgan fingerprint density at radius 1 is 1.22 bits per heavy atom. The summed E-state index contributed by atoms with van der Waals surface area (Å²) in [5, 5.41) is 10.9. The molecule has 27 heavy (non-hydrogen) atoms. The molecule has 3 heterocycles. The number of carbonyl (C=O) groups is 1. The smallest absolute Gasteiger partial charge is 0.245 e. The van der Waals surface area contributed by atoms with Crippen LogP contribution in [0.4, 0.5) is 5.82 Å². The monoisotopic (exact) mass is 384 g/mol. The Balaban J connectivity index is 1.70. The molecule has 0 bridgehead atoms. The number of carbonyl (C=O) groups excluding carboxylic acids is 1. The Labute approximate surface area is 163 Å². The molecule has 6 nitrogen and oxygen atoms in total. The maximum Gasteiger partial charge on any atom is 0.245 e. The lowest BCUT2D eigenvalue weighted by Crippen LogP contribution is -2.53. The maximum absolute atomic E-state index is 13.1. The molecule has 1 amide bonds. The Bertz CT molecular complexity index is 905. The molecule has 2 aliphatic rings. The third-order valence-corrected chi connectivity index (χ3v) is 5.52. The molecule has 2 saturated heterocycles. The van der Waals surface area contributed by atoms with Gasteiger partial charge >= 0.3 is 0 Å². The van der Waals surface area contributed by atoms with E-state index in [0.29, 0.717) is 42.7 Å². The van der Waals surface area contributed by atoms with Gasteiger partial charge < -0.3 is 14.5 Å². The number of fused-ring (bicyclic) bond motifs is 1. The number of hydrogen-bond acceptors (Lipinski definition) is 5. The zero-order valence-corrected chi connectivity index (χ0v) is 15.8. The van der Waals surface area contributed by atoms with Gasteiger partial charge in [0.05, 0.1) is 30.4 Å². The van der Waals surface area contributed by atoms with E-state index in [9.17, 15) is 10.1 Å². The zero-order chi connectivity index (χ0) is 18.8. The summed E-state index contributed by atoms with van der Waals surface area (Å²) >= 11 is 6.08. The van der Waals surface area contributed by atoms with E-state index in [1.54, 1.807) is 18.2 Å². The lowest BCUT2D eigenvalue weighted by molar-refractivity contribution is -0.137. The number of anilines is 1. The molecule has 7 heteroatoms. The molecule has 1 aromatic carbocycles. The topological polar surface area (TPSA) is 69.5 Å². The van der Waals surface area contributed by atoms with Crippen LogP contribution in [0.2, 0.25) is 5.02 Å². The zero-order valence-electron chi connectivity index (χ0n) is 15.0. The average Bonchev–Trinajstić information content (AvgIpc) is 2.73. The van der Waals surface area contributed by atoms with Crippen molar-refractivity contribution in [1.82, 2.24) is 9.88 Å². The maximum atomic E-state index is 13.1. The van der Waals surface area contributed by atoms with E-state index in [1.165, 1.54) is 0 Å². The van der Waals surface area contributed by atoms with E-state index in [1.807, 2.05) is 11.0 Å². The first kappa shape index (κ1) is 18.0. The highest BCUT2D eigenvalue weighted by molar-refractivity contribution is 6.31. The van der Waals surface area contributed by atoms with Crippen LogP contribution >= 0.6 is 11.6 Å². The van der Waals surface area contributed by atoms with Crippen LogP contribution in [-0.4, -0.2) is 54.7 Å². The van der Waals surface area contributed by atoms with Gasteiger partial charge in [-0.3, -0.25) is 4.79 Å². The van der Waals surface area contributed by atoms with Gasteiger partial charge in [-0.1, -0.05) is 11.6 Å². The number of morpholine rings is 1. The Kier molecular flexibility index (Phi) is 5.15. The van der Waals surface area contributed by atoms with Crippen LogP contribution in [0.15, 0.2) is 24.3 Å². The standard InChI is InChI=1S/C20H21ClN4O2/c21-15-4-5-17-16(12-15)14(13-22)11-19(23-17)25-6-2-1-3-18(25)20(26)24-7-9-27-10-8-24/h4-5,11-12,18H,1-3,6-10H2. The predicted molar refractivity (Wildman–Crippen MR) is 104 cm³/mol. The highest BCUT2D eigenvalue weighted by atomic mass is 35.5. The van der Waals surface area contributed by atoms with E-state index in [0.717, 1.165) is 36.7 Å². The van der Waals surface area contributed by atoms with Crippen molar-refractivity contribution < 1.29 is 9.53 Å². The van der Waals surface area contributed by atoms with E-state index in [4.69, 9.17) is 21.3 Å². The second-order valence-corrected chi connectivity index (χ2v) is 7.38. The molecule has 1 aromatic heterocycles. The number of rotatable bonds is 2. The number of nitrogens with zero attached hydrogens (tertiary/aromatic N) is 4. The third kappa shape index (κ3) is 3.58. The molecule has 2 fully saturated rings. The SMILES string of the molecule is N#Cc1cc(N2CCCCC2C(=O)N2CCOCC2)nc2ccc(Cl)cc12.